The van der Waals surface area contributed by atoms with Gasteiger partial charge in [0.25, 0.3) is 11.7 Å². The average Bonchev–Trinajstić information content (AvgIpc) is 3.18. The number of benzene rings is 2. The summed E-state index contributed by atoms with van der Waals surface area (Å²) < 4.78 is 1.56. The molecule has 7 heteroatoms. The highest BCUT2D eigenvalue weighted by Gasteiger charge is 2.16. The van der Waals surface area contributed by atoms with Crippen molar-refractivity contribution in [2.75, 3.05) is 5.32 Å². The van der Waals surface area contributed by atoms with Gasteiger partial charge in [-0.15, -0.1) is 5.10 Å². The summed E-state index contributed by atoms with van der Waals surface area (Å²) in [6.07, 6.45) is 2.85. The van der Waals surface area contributed by atoms with E-state index < -0.39 is 0 Å². The zero-order chi connectivity index (χ0) is 20.2. The molecule has 0 aliphatic carbocycles. The molecule has 0 atom stereocenters. The second-order valence-corrected chi connectivity index (χ2v) is 7.09. The molecule has 2 aromatic heterocycles. The van der Waals surface area contributed by atoms with Crippen LogP contribution >= 0.6 is 11.6 Å². The first kappa shape index (κ1) is 19.1. The van der Waals surface area contributed by atoms with Gasteiger partial charge in [0.15, 0.2) is 5.82 Å². The summed E-state index contributed by atoms with van der Waals surface area (Å²) in [5.74, 6) is 1.22. The molecule has 2 heterocycles. The van der Waals surface area contributed by atoms with Gasteiger partial charge in [0.2, 0.25) is 0 Å². The van der Waals surface area contributed by atoms with E-state index in [0.717, 1.165) is 30.5 Å². The zero-order valence-electron chi connectivity index (χ0n) is 16.0. The number of fused-ring (bicyclic) bond motifs is 1. The number of anilines is 1. The predicted molar refractivity (Wildman–Crippen MR) is 114 cm³/mol. The first-order valence-electron chi connectivity index (χ1n) is 9.53. The molecule has 0 fully saturated rings. The van der Waals surface area contributed by atoms with Crippen LogP contribution in [0.5, 0.6) is 0 Å². The van der Waals surface area contributed by atoms with E-state index in [2.05, 4.69) is 27.3 Å². The van der Waals surface area contributed by atoms with Gasteiger partial charge in [0, 0.05) is 17.3 Å². The lowest BCUT2D eigenvalue weighted by Gasteiger charge is -2.09. The number of carbonyl (C=O) groups is 1. The van der Waals surface area contributed by atoms with Crippen molar-refractivity contribution in [1.82, 2.24) is 19.6 Å². The topological polar surface area (TPSA) is 72.2 Å². The third-order valence-electron chi connectivity index (χ3n) is 4.54. The molecule has 0 saturated carbocycles. The van der Waals surface area contributed by atoms with E-state index in [4.69, 9.17) is 11.6 Å². The van der Waals surface area contributed by atoms with Crippen LogP contribution in [0.25, 0.3) is 17.2 Å². The molecule has 0 spiro atoms. The number of nitrogens with zero attached hydrogens (tertiary/aromatic N) is 4. The Morgan fingerprint density at radius 3 is 2.59 bits per heavy atom. The molecular weight excluding hydrogens is 386 g/mol. The van der Waals surface area contributed by atoms with Crippen LogP contribution < -0.4 is 5.32 Å². The SMILES string of the molecule is CCCCc1cc(NC(=O)c2ccccc2Cl)n2nc(-c3ccccc3)nc2n1. The number of rotatable bonds is 6. The quantitative estimate of drug-likeness (QED) is 0.487. The highest BCUT2D eigenvalue weighted by atomic mass is 35.5. The molecule has 0 radical (unpaired) electrons. The zero-order valence-corrected chi connectivity index (χ0v) is 16.7. The van der Waals surface area contributed by atoms with Crippen LogP contribution in [0, 0.1) is 0 Å². The molecule has 0 saturated heterocycles. The number of hydrogen-bond acceptors (Lipinski definition) is 4. The van der Waals surface area contributed by atoms with Gasteiger partial charge in [-0.2, -0.15) is 9.50 Å². The van der Waals surface area contributed by atoms with E-state index in [0.29, 0.717) is 28.0 Å². The Kier molecular flexibility index (Phi) is 5.53. The number of nitrogens with one attached hydrogen (secondary N) is 1. The van der Waals surface area contributed by atoms with Gasteiger partial charge in [0.1, 0.15) is 5.82 Å². The fraction of sp³-hybridized carbons (Fsp3) is 0.182. The normalized spacial score (nSPS) is 11.0. The van der Waals surface area contributed by atoms with Gasteiger partial charge in [-0.1, -0.05) is 67.4 Å². The first-order chi connectivity index (χ1) is 14.2. The minimum atomic E-state index is -0.304. The van der Waals surface area contributed by atoms with Crippen molar-refractivity contribution in [3.8, 4) is 11.4 Å². The summed E-state index contributed by atoms with van der Waals surface area (Å²) in [4.78, 5) is 22.0. The molecule has 0 aliphatic rings. The summed E-state index contributed by atoms with van der Waals surface area (Å²) in [5, 5.41) is 7.88. The Bertz CT molecular complexity index is 1160. The molecule has 29 heavy (non-hydrogen) atoms. The van der Waals surface area contributed by atoms with Crippen LogP contribution in [0.15, 0.2) is 60.7 Å². The molecule has 4 rings (SSSR count). The number of aromatic nitrogens is 4. The molecule has 0 aliphatic heterocycles. The maximum Gasteiger partial charge on any atom is 0.258 e. The predicted octanol–water partition coefficient (Wildman–Crippen LogP) is 5.04. The Morgan fingerprint density at radius 2 is 1.83 bits per heavy atom. The second kappa shape index (κ2) is 8.41. The van der Waals surface area contributed by atoms with Crippen molar-refractivity contribution in [1.29, 1.82) is 0 Å². The smallest absolute Gasteiger partial charge is 0.258 e. The Hall–Kier alpha value is -3.25. The lowest BCUT2D eigenvalue weighted by Crippen LogP contribution is -2.16. The minimum Gasteiger partial charge on any atom is -0.306 e. The van der Waals surface area contributed by atoms with E-state index in [1.165, 1.54) is 0 Å². The van der Waals surface area contributed by atoms with Crippen molar-refractivity contribution in [2.45, 2.75) is 26.2 Å². The van der Waals surface area contributed by atoms with Crippen LogP contribution in [-0.4, -0.2) is 25.5 Å². The Labute approximate surface area is 173 Å². The van der Waals surface area contributed by atoms with Crippen LogP contribution in [0.2, 0.25) is 5.02 Å². The number of unbranched alkanes of at least 4 members (excludes halogenated alkanes) is 1. The molecule has 0 bridgehead atoms. The fourth-order valence-electron chi connectivity index (χ4n) is 3.03. The molecule has 4 aromatic rings. The lowest BCUT2D eigenvalue weighted by molar-refractivity contribution is 0.102. The lowest BCUT2D eigenvalue weighted by atomic mass is 10.2. The van der Waals surface area contributed by atoms with Gasteiger partial charge in [-0.25, -0.2) is 4.98 Å². The van der Waals surface area contributed by atoms with Crippen LogP contribution in [-0.2, 0) is 6.42 Å². The summed E-state index contributed by atoms with van der Waals surface area (Å²) in [7, 11) is 0. The van der Waals surface area contributed by atoms with E-state index in [-0.39, 0.29) is 5.91 Å². The van der Waals surface area contributed by atoms with Gasteiger partial charge < -0.3 is 5.32 Å². The number of halogens is 1. The molecular formula is C22H20ClN5O. The number of carbonyl (C=O) groups excluding carboxylic acids is 1. The van der Waals surface area contributed by atoms with E-state index in [9.17, 15) is 4.79 Å². The fourth-order valence-corrected chi connectivity index (χ4v) is 3.25. The first-order valence-corrected chi connectivity index (χ1v) is 9.91. The van der Waals surface area contributed by atoms with Gasteiger partial charge in [-0.3, -0.25) is 4.79 Å². The standard InChI is InChI=1S/C22H20ClN5O/c1-2-3-11-16-14-19(25-21(29)17-12-7-8-13-18(17)23)28-22(24-16)26-20(27-28)15-9-5-4-6-10-15/h4-10,12-14H,2-3,11H2,1H3,(H,25,29). The van der Waals surface area contributed by atoms with Crippen molar-refractivity contribution in [2.24, 2.45) is 0 Å². The molecule has 146 valence electrons. The third kappa shape index (κ3) is 4.12. The second-order valence-electron chi connectivity index (χ2n) is 6.68. The van der Waals surface area contributed by atoms with E-state index in [1.807, 2.05) is 36.4 Å². The van der Waals surface area contributed by atoms with Gasteiger partial charge >= 0.3 is 0 Å². The van der Waals surface area contributed by atoms with Crippen molar-refractivity contribution < 1.29 is 4.79 Å². The van der Waals surface area contributed by atoms with E-state index in [1.54, 1.807) is 28.8 Å². The summed E-state index contributed by atoms with van der Waals surface area (Å²) >= 11 is 6.18. The average molecular weight is 406 g/mol. The third-order valence-corrected chi connectivity index (χ3v) is 4.87. The number of amides is 1. The van der Waals surface area contributed by atoms with Crippen LogP contribution in [0.3, 0.4) is 0 Å². The highest BCUT2D eigenvalue weighted by molar-refractivity contribution is 6.34. The van der Waals surface area contributed by atoms with Crippen molar-refractivity contribution in [3.63, 3.8) is 0 Å². The summed E-state index contributed by atoms with van der Waals surface area (Å²) in [5.41, 5.74) is 2.15. The molecule has 6 nitrogen and oxygen atoms in total. The molecule has 0 unspecified atom stereocenters. The van der Waals surface area contributed by atoms with Crippen LogP contribution in [0.4, 0.5) is 5.82 Å². The minimum absolute atomic E-state index is 0.304. The number of hydrogen-bond donors (Lipinski definition) is 1. The maximum atomic E-state index is 12.8. The highest BCUT2D eigenvalue weighted by Crippen LogP contribution is 2.21. The molecule has 1 amide bonds. The summed E-state index contributed by atoms with van der Waals surface area (Å²) in [6, 6.07) is 18.5. The van der Waals surface area contributed by atoms with Crippen molar-refractivity contribution in [3.05, 3.63) is 76.9 Å². The van der Waals surface area contributed by atoms with Crippen molar-refractivity contribution >= 4 is 29.1 Å². The monoisotopic (exact) mass is 405 g/mol. The molecule has 1 N–H and O–H groups in total. The largest absolute Gasteiger partial charge is 0.306 e. The van der Waals surface area contributed by atoms with E-state index >= 15 is 0 Å². The Morgan fingerprint density at radius 1 is 1.07 bits per heavy atom. The van der Waals surface area contributed by atoms with Gasteiger partial charge in [0.05, 0.1) is 10.6 Å². The maximum absolute atomic E-state index is 12.8. The Balaban J connectivity index is 1.76. The van der Waals surface area contributed by atoms with Gasteiger partial charge in [-0.05, 0) is 25.0 Å². The summed E-state index contributed by atoms with van der Waals surface area (Å²) in [6.45, 7) is 2.13. The van der Waals surface area contributed by atoms with Crippen LogP contribution in [0.1, 0.15) is 35.8 Å². The molecule has 2 aromatic carbocycles. The number of aryl methyl sites for hydroxylation is 1.